The van der Waals surface area contributed by atoms with Crippen molar-refractivity contribution in [1.82, 2.24) is 0 Å². The molecule has 0 radical (unpaired) electrons. The van der Waals surface area contributed by atoms with Crippen LogP contribution in [0.3, 0.4) is 0 Å². The van der Waals surface area contributed by atoms with E-state index < -0.39 is 15.4 Å². The van der Waals surface area contributed by atoms with Crippen LogP contribution in [0.4, 0.5) is 11.4 Å². The lowest BCUT2D eigenvalue weighted by Crippen LogP contribution is -2.43. The van der Waals surface area contributed by atoms with Crippen LogP contribution in [-0.4, -0.2) is 27.5 Å². The molecule has 2 aromatic carbocycles. The smallest absolute Gasteiger partial charge is 0.236 e. The number of amides is 1. The van der Waals surface area contributed by atoms with Crippen LogP contribution in [0.2, 0.25) is 5.02 Å². The minimum absolute atomic E-state index is 0.00832. The highest BCUT2D eigenvalue weighted by atomic mass is 35.5. The maximum absolute atomic E-state index is 13.0. The lowest BCUT2D eigenvalue weighted by atomic mass is 9.92. The van der Waals surface area contributed by atoms with Crippen LogP contribution in [0.15, 0.2) is 42.5 Å². The van der Waals surface area contributed by atoms with Crippen molar-refractivity contribution in [1.29, 1.82) is 0 Å². The molecule has 1 aliphatic heterocycles. The molecule has 1 heterocycles. The molecule has 3 rings (SSSR count). The number of carbonyl (C=O) groups excluding carboxylic acids is 1. The van der Waals surface area contributed by atoms with Crippen LogP contribution < -0.4 is 14.4 Å². The van der Waals surface area contributed by atoms with Gasteiger partial charge in [-0.3, -0.25) is 9.52 Å². The number of carbonyl (C=O) groups is 1. The third-order valence-corrected chi connectivity index (χ3v) is 6.27. The van der Waals surface area contributed by atoms with E-state index in [0.717, 1.165) is 0 Å². The molecular formula is C22H27ClN2O4S. The van der Waals surface area contributed by atoms with Gasteiger partial charge in [-0.05, 0) is 49.6 Å². The molecule has 1 amide bonds. The summed E-state index contributed by atoms with van der Waals surface area (Å²) in [5.74, 6) is 0.577. The number of sulfonamides is 1. The minimum Gasteiger partial charge on any atom is -0.490 e. The quantitative estimate of drug-likeness (QED) is 0.692. The molecular weight excluding hydrogens is 424 g/mol. The van der Waals surface area contributed by atoms with Crippen molar-refractivity contribution < 1.29 is 17.9 Å². The highest BCUT2D eigenvalue weighted by molar-refractivity contribution is 7.91. The number of benzene rings is 2. The number of nitrogens with one attached hydrogen (secondary N) is 1. The Morgan fingerprint density at radius 3 is 2.47 bits per heavy atom. The van der Waals surface area contributed by atoms with E-state index in [9.17, 15) is 13.2 Å². The van der Waals surface area contributed by atoms with Gasteiger partial charge in [0, 0.05) is 17.6 Å². The summed E-state index contributed by atoms with van der Waals surface area (Å²) in [4.78, 5) is 14.8. The molecule has 30 heavy (non-hydrogen) atoms. The largest absolute Gasteiger partial charge is 0.490 e. The highest BCUT2D eigenvalue weighted by Crippen LogP contribution is 2.38. The van der Waals surface area contributed by atoms with Crippen LogP contribution in [0.25, 0.3) is 0 Å². The number of hydrogen-bond acceptors (Lipinski definition) is 4. The number of ether oxygens (including phenoxy) is 1. The van der Waals surface area contributed by atoms with Crippen LogP contribution >= 0.6 is 11.6 Å². The summed E-state index contributed by atoms with van der Waals surface area (Å²) in [7, 11) is -3.63. The molecule has 0 spiro atoms. The first-order valence-electron chi connectivity index (χ1n) is 9.80. The molecule has 0 aliphatic carbocycles. The van der Waals surface area contributed by atoms with Gasteiger partial charge < -0.3 is 9.64 Å². The molecule has 0 fully saturated rings. The average molecular weight is 451 g/mol. The SMILES string of the molecule is CC(C)CN1C(=O)C(C)(C)COc2cc(NS(=O)(=O)Cc3ccc(Cl)cc3)ccc21. The topological polar surface area (TPSA) is 75.7 Å². The maximum Gasteiger partial charge on any atom is 0.236 e. The number of fused-ring (bicyclic) bond motifs is 1. The second-order valence-corrected chi connectivity index (χ2v) is 10.8. The molecule has 8 heteroatoms. The van der Waals surface area contributed by atoms with Crippen molar-refractivity contribution in [3.8, 4) is 5.75 Å². The summed E-state index contributed by atoms with van der Waals surface area (Å²) < 4.78 is 33.7. The average Bonchev–Trinajstić information content (AvgIpc) is 2.73. The number of rotatable bonds is 6. The van der Waals surface area contributed by atoms with Gasteiger partial charge in [-0.25, -0.2) is 8.42 Å². The summed E-state index contributed by atoms with van der Waals surface area (Å²) in [5.41, 5.74) is 0.995. The molecule has 1 N–H and O–H groups in total. The van der Waals surface area contributed by atoms with E-state index >= 15 is 0 Å². The van der Waals surface area contributed by atoms with Gasteiger partial charge in [-0.15, -0.1) is 0 Å². The van der Waals surface area contributed by atoms with Gasteiger partial charge in [0.05, 0.1) is 22.5 Å². The third kappa shape index (κ3) is 5.26. The van der Waals surface area contributed by atoms with Crippen molar-refractivity contribution >= 4 is 38.9 Å². The van der Waals surface area contributed by atoms with Crippen molar-refractivity contribution in [3.05, 3.63) is 53.1 Å². The van der Waals surface area contributed by atoms with Crippen molar-refractivity contribution in [3.63, 3.8) is 0 Å². The van der Waals surface area contributed by atoms with Crippen LogP contribution in [0.1, 0.15) is 33.3 Å². The summed E-state index contributed by atoms with van der Waals surface area (Å²) in [6.07, 6.45) is 0. The van der Waals surface area contributed by atoms with Gasteiger partial charge in [0.2, 0.25) is 15.9 Å². The normalized spacial score (nSPS) is 16.1. The Morgan fingerprint density at radius 2 is 1.83 bits per heavy atom. The molecule has 0 unspecified atom stereocenters. The molecule has 0 aromatic heterocycles. The van der Waals surface area contributed by atoms with Crippen LogP contribution in [-0.2, 0) is 20.6 Å². The van der Waals surface area contributed by atoms with E-state index in [0.29, 0.717) is 34.3 Å². The summed E-state index contributed by atoms with van der Waals surface area (Å²) in [6, 6.07) is 11.7. The van der Waals surface area contributed by atoms with Gasteiger partial charge in [0.1, 0.15) is 12.4 Å². The van der Waals surface area contributed by atoms with Crippen LogP contribution in [0, 0.1) is 11.3 Å². The van der Waals surface area contributed by atoms with E-state index in [4.69, 9.17) is 16.3 Å². The van der Waals surface area contributed by atoms with Crippen molar-refractivity contribution in [2.75, 3.05) is 22.8 Å². The molecule has 6 nitrogen and oxygen atoms in total. The van der Waals surface area contributed by atoms with Gasteiger partial charge in [-0.2, -0.15) is 0 Å². The number of anilines is 2. The maximum atomic E-state index is 13.0. The zero-order valence-electron chi connectivity index (χ0n) is 17.6. The lowest BCUT2D eigenvalue weighted by molar-refractivity contribution is -0.127. The zero-order valence-corrected chi connectivity index (χ0v) is 19.2. The highest BCUT2D eigenvalue weighted by Gasteiger charge is 2.38. The second kappa shape index (κ2) is 8.47. The van der Waals surface area contributed by atoms with E-state index in [-0.39, 0.29) is 24.2 Å². The monoisotopic (exact) mass is 450 g/mol. The Hall–Kier alpha value is -2.25. The van der Waals surface area contributed by atoms with Gasteiger partial charge in [-0.1, -0.05) is 37.6 Å². The fourth-order valence-corrected chi connectivity index (χ4v) is 4.59. The van der Waals surface area contributed by atoms with Crippen LogP contribution in [0.5, 0.6) is 5.75 Å². The molecule has 0 saturated heterocycles. The Morgan fingerprint density at radius 1 is 1.17 bits per heavy atom. The second-order valence-electron chi connectivity index (χ2n) is 8.65. The third-order valence-electron chi connectivity index (χ3n) is 4.75. The van der Waals surface area contributed by atoms with E-state index in [1.165, 1.54) is 0 Å². The number of nitrogens with zero attached hydrogens (tertiary/aromatic N) is 1. The molecule has 0 saturated carbocycles. The summed E-state index contributed by atoms with van der Waals surface area (Å²) in [5, 5.41) is 0.551. The molecule has 0 atom stereocenters. The fraction of sp³-hybridized carbons (Fsp3) is 0.409. The molecule has 162 valence electrons. The van der Waals surface area contributed by atoms with E-state index in [2.05, 4.69) is 4.72 Å². The first-order valence-corrected chi connectivity index (χ1v) is 11.8. The predicted octanol–water partition coefficient (Wildman–Crippen LogP) is 4.69. The molecule has 0 bridgehead atoms. The Labute approximate surface area is 183 Å². The van der Waals surface area contributed by atoms with Gasteiger partial charge >= 0.3 is 0 Å². The molecule has 1 aliphatic rings. The van der Waals surface area contributed by atoms with Gasteiger partial charge in [0.25, 0.3) is 0 Å². The minimum atomic E-state index is -3.63. The Kier molecular flexibility index (Phi) is 6.34. The summed E-state index contributed by atoms with van der Waals surface area (Å²) in [6.45, 7) is 8.57. The first kappa shape index (κ1) is 22.4. The van der Waals surface area contributed by atoms with Crippen molar-refractivity contribution in [2.24, 2.45) is 11.3 Å². The predicted molar refractivity (Wildman–Crippen MR) is 121 cm³/mol. The van der Waals surface area contributed by atoms with Crippen molar-refractivity contribution in [2.45, 2.75) is 33.4 Å². The molecule has 2 aromatic rings. The first-order chi connectivity index (χ1) is 14.0. The Balaban J connectivity index is 1.87. The summed E-state index contributed by atoms with van der Waals surface area (Å²) >= 11 is 5.86. The van der Waals surface area contributed by atoms with E-state index in [1.807, 2.05) is 27.7 Å². The number of halogens is 1. The van der Waals surface area contributed by atoms with E-state index in [1.54, 1.807) is 47.4 Å². The van der Waals surface area contributed by atoms with Gasteiger partial charge in [0.15, 0.2) is 0 Å². The standard InChI is InChI=1S/C22H27ClN2O4S/c1-15(2)12-25-19-10-9-18(11-20(19)29-14-22(3,4)21(25)26)24-30(27,28)13-16-5-7-17(23)8-6-16/h5-11,15,24H,12-14H2,1-4H3. The Bertz CT molecular complexity index is 1030. The number of hydrogen-bond donors (Lipinski definition) is 1. The fourth-order valence-electron chi connectivity index (χ4n) is 3.27. The zero-order chi connectivity index (χ0) is 22.1. The lowest BCUT2D eigenvalue weighted by Gasteiger charge is -2.29.